The van der Waals surface area contributed by atoms with Crippen molar-refractivity contribution in [2.24, 2.45) is 5.92 Å². The van der Waals surface area contributed by atoms with Crippen LogP contribution in [0, 0.1) is 5.92 Å². The molecule has 1 unspecified atom stereocenters. The fourth-order valence-corrected chi connectivity index (χ4v) is 5.02. The predicted octanol–water partition coefficient (Wildman–Crippen LogP) is 4.38. The van der Waals surface area contributed by atoms with E-state index in [2.05, 4.69) is 5.32 Å². The summed E-state index contributed by atoms with van der Waals surface area (Å²) in [4.78, 5) is 28.1. The Labute approximate surface area is 218 Å². The van der Waals surface area contributed by atoms with Gasteiger partial charge in [-0.05, 0) is 42.5 Å². The molecule has 0 aliphatic heterocycles. The van der Waals surface area contributed by atoms with Crippen molar-refractivity contribution in [3.05, 3.63) is 64.1 Å². The summed E-state index contributed by atoms with van der Waals surface area (Å²) >= 11 is 12.2. The average molecular weight is 543 g/mol. The third kappa shape index (κ3) is 8.70. The van der Waals surface area contributed by atoms with Crippen LogP contribution in [0.2, 0.25) is 10.0 Å². The molecule has 0 spiro atoms. The fourth-order valence-electron chi connectivity index (χ4n) is 3.60. The van der Waals surface area contributed by atoms with Gasteiger partial charge in [-0.2, -0.15) is 0 Å². The van der Waals surface area contributed by atoms with Gasteiger partial charge in [0.15, 0.2) is 0 Å². The highest BCUT2D eigenvalue weighted by molar-refractivity contribution is 7.92. The minimum absolute atomic E-state index is 0.105. The molecule has 0 saturated carbocycles. The molecular formula is C25H33Cl2N3O4S. The summed E-state index contributed by atoms with van der Waals surface area (Å²) in [6.45, 7) is 6.03. The lowest BCUT2D eigenvalue weighted by atomic mass is 10.1. The van der Waals surface area contributed by atoms with Gasteiger partial charge in [-0.3, -0.25) is 13.9 Å². The molecule has 2 amide bonds. The summed E-state index contributed by atoms with van der Waals surface area (Å²) in [5, 5.41) is 3.35. The van der Waals surface area contributed by atoms with Crippen LogP contribution in [0.25, 0.3) is 0 Å². The number of benzene rings is 2. The lowest BCUT2D eigenvalue weighted by Crippen LogP contribution is -2.53. The molecule has 0 aliphatic carbocycles. The molecule has 0 aromatic heterocycles. The van der Waals surface area contributed by atoms with Crippen molar-refractivity contribution < 1.29 is 18.0 Å². The molecule has 2 aromatic carbocycles. The van der Waals surface area contributed by atoms with Gasteiger partial charge < -0.3 is 10.2 Å². The van der Waals surface area contributed by atoms with E-state index in [-0.39, 0.29) is 29.1 Å². The number of nitrogens with one attached hydrogen (secondary N) is 1. The molecule has 0 fully saturated rings. The topological polar surface area (TPSA) is 86.8 Å². The van der Waals surface area contributed by atoms with Crippen LogP contribution in [0.3, 0.4) is 0 Å². The molecule has 0 heterocycles. The van der Waals surface area contributed by atoms with Crippen LogP contribution in [0.4, 0.5) is 5.69 Å². The molecule has 10 heteroatoms. The van der Waals surface area contributed by atoms with Crippen molar-refractivity contribution in [2.75, 3.05) is 30.2 Å². The number of amides is 2. The van der Waals surface area contributed by atoms with Crippen molar-refractivity contribution >= 4 is 50.7 Å². The van der Waals surface area contributed by atoms with Crippen LogP contribution in [0.15, 0.2) is 48.5 Å². The maximum Gasteiger partial charge on any atom is 0.244 e. The summed E-state index contributed by atoms with van der Waals surface area (Å²) in [6.07, 6.45) is 1.90. The number of anilines is 1. The van der Waals surface area contributed by atoms with Crippen molar-refractivity contribution in [1.29, 1.82) is 0 Å². The third-order valence-corrected chi connectivity index (χ3v) is 7.08. The maximum absolute atomic E-state index is 13.6. The van der Waals surface area contributed by atoms with Crippen LogP contribution < -0.4 is 9.62 Å². The summed E-state index contributed by atoms with van der Waals surface area (Å²) in [5.74, 6) is -0.514. The number of sulfonamides is 1. The monoisotopic (exact) mass is 541 g/mol. The Morgan fingerprint density at radius 2 is 1.71 bits per heavy atom. The first kappa shape index (κ1) is 28.9. The second-order valence-electron chi connectivity index (χ2n) is 8.75. The Kier molecular flexibility index (Phi) is 10.9. The number of nitrogens with zero attached hydrogens (tertiary/aromatic N) is 2. The maximum atomic E-state index is 13.6. The Morgan fingerprint density at radius 1 is 1.06 bits per heavy atom. The molecule has 2 aromatic rings. The van der Waals surface area contributed by atoms with E-state index in [9.17, 15) is 18.0 Å². The number of hydrogen-bond acceptors (Lipinski definition) is 4. The van der Waals surface area contributed by atoms with E-state index in [1.54, 1.807) is 0 Å². The first-order chi connectivity index (χ1) is 16.4. The van der Waals surface area contributed by atoms with Gasteiger partial charge >= 0.3 is 0 Å². The SMILES string of the molecule is CCC(C(=O)NCC(C)C)N(CCc1ccccc1)C(=O)CN(c1ccc(Cl)cc1Cl)S(C)(=O)=O. The smallest absolute Gasteiger partial charge is 0.244 e. The number of carbonyl (C=O) groups excluding carboxylic acids is 2. The largest absolute Gasteiger partial charge is 0.354 e. The van der Waals surface area contributed by atoms with Crippen molar-refractivity contribution in [2.45, 2.75) is 39.7 Å². The lowest BCUT2D eigenvalue weighted by Gasteiger charge is -2.33. The highest BCUT2D eigenvalue weighted by Crippen LogP contribution is 2.30. The fraction of sp³-hybridized carbons (Fsp3) is 0.440. The third-order valence-electron chi connectivity index (χ3n) is 5.41. The van der Waals surface area contributed by atoms with Crippen LogP contribution >= 0.6 is 23.2 Å². The number of carbonyl (C=O) groups is 2. The lowest BCUT2D eigenvalue weighted by molar-refractivity contribution is -0.139. The predicted molar refractivity (Wildman–Crippen MR) is 142 cm³/mol. The van der Waals surface area contributed by atoms with Crippen LogP contribution in [-0.2, 0) is 26.0 Å². The Hall–Kier alpha value is -2.29. The number of halogens is 2. The highest BCUT2D eigenvalue weighted by atomic mass is 35.5. The van der Waals surface area contributed by atoms with Gasteiger partial charge in [0.1, 0.15) is 12.6 Å². The molecule has 0 radical (unpaired) electrons. The van der Waals surface area contributed by atoms with Gasteiger partial charge in [0.05, 0.1) is 17.0 Å². The molecule has 192 valence electrons. The van der Waals surface area contributed by atoms with E-state index in [1.165, 1.54) is 23.1 Å². The highest BCUT2D eigenvalue weighted by Gasteiger charge is 2.32. The molecule has 0 aliphatic rings. The van der Waals surface area contributed by atoms with E-state index >= 15 is 0 Å². The van der Waals surface area contributed by atoms with E-state index in [4.69, 9.17) is 23.2 Å². The minimum atomic E-state index is -3.87. The van der Waals surface area contributed by atoms with Crippen molar-refractivity contribution in [3.63, 3.8) is 0 Å². The standard InChI is InChI=1S/C25H33Cl2N3O4S/c1-5-22(25(32)28-16-18(2)3)29(14-13-19-9-7-6-8-10-19)24(31)17-30(35(4,33)34)23-12-11-20(26)15-21(23)27/h6-12,15,18,22H,5,13-14,16-17H2,1-4H3,(H,28,32). The summed E-state index contributed by atoms with van der Waals surface area (Å²) in [6, 6.07) is 13.2. The minimum Gasteiger partial charge on any atom is -0.354 e. The van der Waals surface area contributed by atoms with Crippen LogP contribution in [-0.4, -0.2) is 57.1 Å². The number of hydrogen-bond donors (Lipinski definition) is 1. The molecule has 35 heavy (non-hydrogen) atoms. The molecule has 7 nitrogen and oxygen atoms in total. The van der Waals surface area contributed by atoms with Crippen LogP contribution in [0.1, 0.15) is 32.8 Å². The zero-order chi connectivity index (χ0) is 26.2. The molecular weight excluding hydrogens is 509 g/mol. The molecule has 1 N–H and O–H groups in total. The van der Waals surface area contributed by atoms with E-state index in [0.29, 0.717) is 24.4 Å². The van der Waals surface area contributed by atoms with Gasteiger partial charge in [-0.25, -0.2) is 8.42 Å². The molecule has 2 rings (SSSR count). The molecule has 0 saturated heterocycles. The van der Waals surface area contributed by atoms with Gasteiger partial charge in [-0.1, -0.05) is 74.3 Å². The van der Waals surface area contributed by atoms with Gasteiger partial charge in [0.2, 0.25) is 21.8 Å². The Bertz CT molecular complexity index is 1110. The van der Waals surface area contributed by atoms with E-state index in [1.807, 2.05) is 51.1 Å². The summed E-state index contributed by atoms with van der Waals surface area (Å²) < 4.78 is 26.2. The first-order valence-electron chi connectivity index (χ1n) is 11.5. The van der Waals surface area contributed by atoms with Crippen molar-refractivity contribution in [3.8, 4) is 0 Å². The zero-order valence-corrected chi connectivity index (χ0v) is 22.8. The average Bonchev–Trinajstić information content (AvgIpc) is 2.79. The number of rotatable bonds is 12. The second-order valence-corrected chi connectivity index (χ2v) is 11.5. The van der Waals surface area contributed by atoms with Crippen molar-refractivity contribution in [1.82, 2.24) is 10.2 Å². The Morgan fingerprint density at radius 3 is 2.26 bits per heavy atom. The Balaban J connectivity index is 2.37. The zero-order valence-electron chi connectivity index (χ0n) is 20.5. The van der Waals surface area contributed by atoms with E-state index in [0.717, 1.165) is 16.1 Å². The second kappa shape index (κ2) is 13.1. The van der Waals surface area contributed by atoms with Gasteiger partial charge in [0, 0.05) is 18.1 Å². The van der Waals surface area contributed by atoms with Gasteiger partial charge in [-0.15, -0.1) is 0 Å². The van der Waals surface area contributed by atoms with E-state index < -0.39 is 28.5 Å². The quantitative estimate of drug-likeness (QED) is 0.431. The summed E-state index contributed by atoms with van der Waals surface area (Å²) in [5.41, 5.74) is 1.15. The molecule has 0 bridgehead atoms. The van der Waals surface area contributed by atoms with Crippen LogP contribution in [0.5, 0.6) is 0 Å². The molecule has 1 atom stereocenters. The first-order valence-corrected chi connectivity index (χ1v) is 14.1. The normalized spacial score (nSPS) is 12.3. The summed E-state index contributed by atoms with van der Waals surface area (Å²) in [7, 11) is -3.87. The van der Waals surface area contributed by atoms with Gasteiger partial charge in [0.25, 0.3) is 0 Å².